The average Bonchev–Trinajstić information content (AvgIpc) is 2.36. The zero-order valence-corrected chi connectivity index (χ0v) is 9.93. The molecule has 0 fully saturated rings. The van der Waals surface area contributed by atoms with E-state index in [1.165, 1.54) is 7.11 Å². The average molecular weight is 222 g/mol. The molecule has 0 spiro atoms. The molecular formula is C13H18O3. The fourth-order valence-corrected chi connectivity index (χ4v) is 1.58. The molecule has 3 heteroatoms. The summed E-state index contributed by atoms with van der Waals surface area (Å²) in [6.07, 6.45) is 0.195. The van der Waals surface area contributed by atoms with Crippen LogP contribution in [-0.2, 0) is 9.53 Å². The van der Waals surface area contributed by atoms with Crippen molar-refractivity contribution in [2.24, 2.45) is 0 Å². The number of hydrogen-bond donors (Lipinski definition) is 1. The molecule has 0 bridgehead atoms. The standard InChI is InChI=1S/C13H18O3/c1-4-12(14)11-7-5-6-10(8-11)9(2)13(15)16-3/h5-9,12,14H,4H2,1-3H3/t9-,12-/m1/s1. The van der Waals surface area contributed by atoms with E-state index in [2.05, 4.69) is 0 Å². The Morgan fingerprint density at radius 1 is 1.44 bits per heavy atom. The van der Waals surface area contributed by atoms with Crippen LogP contribution >= 0.6 is 0 Å². The van der Waals surface area contributed by atoms with Crippen molar-refractivity contribution in [1.82, 2.24) is 0 Å². The Morgan fingerprint density at radius 2 is 2.06 bits per heavy atom. The molecule has 0 amide bonds. The summed E-state index contributed by atoms with van der Waals surface area (Å²) in [7, 11) is 1.38. The number of methoxy groups -OCH3 is 1. The topological polar surface area (TPSA) is 46.5 Å². The summed E-state index contributed by atoms with van der Waals surface area (Å²) < 4.78 is 4.69. The second kappa shape index (κ2) is 5.66. The van der Waals surface area contributed by atoms with Gasteiger partial charge in [0, 0.05) is 0 Å². The first-order valence-corrected chi connectivity index (χ1v) is 5.45. The van der Waals surface area contributed by atoms with Gasteiger partial charge in [0.2, 0.25) is 0 Å². The number of hydrogen-bond acceptors (Lipinski definition) is 3. The number of carbonyl (C=O) groups is 1. The number of rotatable bonds is 4. The highest BCUT2D eigenvalue weighted by molar-refractivity contribution is 5.77. The lowest BCUT2D eigenvalue weighted by atomic mass is 9.97. The van der Waals surface area contributed by atoms with Crippen molar-refractivity contribution in [3.05, 3.63) is 35.4 Å². The van der Waals surface area contributed by atoms with E-state index < -0.39 is 6.10 Å². The molecule has 3 nitrogen and oxygen atoms in total. The van der Waals surface area contributed by atoms with Crippen LogP contribution in [0, 0.1) is 0 Å². The van der Waals surface area contributed by atoms with Gasteiger partial charge >= 0.3 is 5.97 Å². The minimum atomic E-state index is -0.468. The largest absolute Gasteiger partial charge is 0.469 e. The Bertz CT molecular complexity index is 360. The van der Waals surface area contributed by atoms with E-state index >= 15 is 0 Å². The Hall–Kier alpha value is -1.35. The molecule has 0 heterocycles. The van der Waals surface area contributed by atoms with Gasteiger partial charge in [-0.2, -0.15) is 0 Å². The molecule has 2 atom stereocenters. The summed E-state index contributed by atoms with van der Waals surface area (Å²) in [5.74, 6) is -0.558. The molecule has 1 aromatic rings. The molecule has 0 saturated carbocycles. The van der Waals surface area contributed by atoms with Crippen LogP contribution in [0.25, 0.3) is 0 Å². The van der Waals surface area contributed by atoms with Crippen molar-refractivity contribution in [2.75, 3.05) is 7.11 Å². The van der Waals surface area contributed by atoms with Crippen LogP contribution in [0.15, 0.2) is 24.3 Å². The first-order chi connectivity index (χ1) is 7.60. The van der Waals surface area contributed by atoms with Crippen LogP contribution in [0.2, 0.25) is 0 Å². The maximum absolute atomic E-state index is 11.4. The third kappa shape index (κ3) is 2.83. The summed E-state index contributed by atoms with van der Waals surface area (Å²) in [6.45, 7) is 3.71. The Kier molecular flexibility index (Phi) is 4.50. The molecule has 0 aliphatic carbocycles. The van der Waals surface area contributed by atoms with Crippen molar-refractivity contribution >= 4 is 5.97 Å². The van der Waals surface area contributed by atoms with Crippen molar-refractivity contribution in [2.45, 2.75) is 32.3 Å². The van der Waals surface area contributed by atoms with Gasteiger partial charge < -0.3 is 9.84 Å². The summed E-state index contributed by atoms with van der Waals surface area (Å²) in [5, 5.41) is 9.72. The highest BCUT2D eigenvalue weighted by Crippen LogP contribution is 2.22. The number of ether oxygens (including phenoxy) is 1. The summed E-state index contributed by atoms with van der Waals surface area (Å²) in [4.78, 5) is 11.4. The molecule has 1 rings (SSSR count). The molecular weight excluding hydrogens is 204 g/mol. The molecule has 0 aliphatic heterocycles. The molecule has 16 heavy (non-hydrogen) atoms. The van der Waals surface area contributed by atoms with E-state index in [1.807, 2.05) is 31.2 Å². The SMILES string of the molecule is CC[C@@H](O)c1cccc([C@@H](C)C(=O)OC)c1. The van der Waals surface area contributed by atoms with Gasteiger partial charge in [-0.3, -0.25) is 4.79 Å². The van der Waals surface area contributed by atoms with Gasteiger partial charge in [0.25, 0.3) is 0 Å². The van der Waals surface area contributed by atoms with Gasteiger partial charge in [-0.05, 0) is 24.5 Å². The van der Waals surface area contributed by atoms with E-state index in [9.17, 15) is 9.90 Å². The van der Waals surface area contributed by atoms with Crippen molar-refractivity contribution < 1.29 is 14.6 Å². The zero-order valence-electron chi connectivity index (χ0n) is 9.93. The first-order valence-electron chi connectivity index (χ1n) is 5.45. The lowest BCUT2D eigenvalue weighted by molar-refractivity contribution is -0.141. The zero-order chi connectivity index (χ0) is 12.1. The Balaban J connectivity index is 2.94. The van der Waals surface area contributed by atoms with Gasteiger partial charge in [-0.1, -0.05) is 31.2 Å². The van der Waals surface area contributed by atoms with E-state index in [4.69, 9.17) is 4.74 Å². The predicted octanol–water partition coefficient (Wildman–Crippen LogP) is 2.41. The number of benzene rings is 1. The normalized spacial score (nSPS) is 14.2. The fraction of sp³-hybridized carbons (Fsp3) is 0.462. The van der Waals surface area contributed by atoms with Gasteiger partial charge in [0.05, 0.1) is 19.1 Å². The highest BCUT2D eigenvalue weighted by Gasteiger charge is 2.16. The molecule has 0 aromatic heterocycles. The smallest absolute Gasteiger partial charge is 0.312 e. The lowest BCUT2D eigenvalue weighted by Gasteiger charge is -2.13. The molecule has 0 radical (unpaired) electrons. The third-order valence-electron chi connectivity index (χ3n) is 2.74. The second-order valence-electron chi connectivity index (χ2n) is 3.84. The molecule has 0 saturated heterocycles. The number of carbonyl (C=O) groups excluding carboxylic acids is 1. The molecule has 0 unspecified atom stereocenters. The third-order valence-corrected chi connectivity index (χ3v) is 2.74. The number of aliphatic hydroxyl groups is 1. The van der Waals surface area contributed by atoms with Gasteiger partial charge in [0.1, 0.15) is 0 Å². The number of aliphatic hydroxyl groups excluding tert-OH is 1. The van der Waals surface area contributed by atoms with Crippen molar-refractivity contribution in [3.8, 4) is 0 Å². The van der Waals surface area contributed by atoms with Crippen LogP contribution in [0.4, 0.5) is 0 Å². The second-order valence-corrected chi connectivity index (χ2v) is 3.84. The van der Waals surface area contributed by atoms with Crippen molar-refractivity contribution in [1.29, 1.82) is 0 Å². The number of esters is 1. The predicted molar refractivity (Wildman–Crippen MR) is 62.1 cm³/mol. The van der Waals surface area contributed by atoms with Crippen LogP contribution in [0.3, 0.4) is 0 Å². The van der Waals surface area contributed by atoms with Crippen LogP contribution in [0.1, 0.15) is 43.4 Å². The van der Waals surface area contributed by atoms with E-state index in [0.717, 1.165) is 11.1 Å². The molecule has 88 valence electrons. The Morgan fingerprint density at radius 3 is 2.62 bits per heavy atom. The fourth-order valence-electron chi connectivity index (χ4n) is 1.58. The minimum Gasteiger partial charge on any atom is -0.469 e. The first kappa shape index (κ1) is 12.7. The monoisotopic (exact) mass is 222 g/mol. The van der Waals surface area contributed by atoms with Crippen LogP contribution in [-0.4, -0.2) is 18.2 Å². The Labute approximate surface area is 96.1 Å². The van der Waals surface area contributed by atoms with E-state index in [0.29, 0.717) is 6.42 Å². The van der Waals surface area contributed by atoms with E-state index in [1.54, 1.807) is 6.92 Å². The van der Waals surface area contributed by atoms with Gasteiger partial charge in [-0.25, -0.2) is 0 Å². The lowest BCUT2D eigenvalue weighted by Crippen LogP contribution is -2.11. The van der Waals surface area contributed by atoms with Gasteiger partial charge in [-0.15, -0.1) is 0 Å². The van der Waals surface area contributed by atoms with Crippen molar-refractivity contribution in [3.63, 3.8) is 0 Å². The highest BCUT2D eigenvalue weighted by atomic mass is 16.5. The van der Waals surface area contributed by atoms with Crippen LogP contribution < -0.4 is 0 Å². The quantitative estimate of drug-likeness (QED) is 0.796. The maximum Gasteiger partial charge on any atom is 0.312 e. The molecule has 1 aromatic carbocycles. The molecule has 0 aliphatic rings. The summed E-state index contributed by atoms with van der Waals surface area (Å²) >= 11 is 0. The maximum atomic E-state index is 11.4. The van der Waals surface area contributed by atoms with E-state index in [-0.39, 0.29) is 11.9 Å². The van der Waals surface area contributed by atoms with Crippen LogP contribution in [0.5, 0.6) is 0 Å². The molecule has 1 N–H and O–H groups in total. The summed E-state index contributed by atoms with van der Waals surface area (Å²) in [5.41, 5.74) is 1.72. The summed E-state index contributed by atoms with van der Waals surface area (Å²) in [6, 6.07) is 7.44. The van der Waals surface area contributed by atoms with Gasteiger partial charge in [0.15, 0.2) is 0 Å². The minimum absolute atomic E-state index is 0.261.